The molecule has 98 valence electrons. The smallest absolute Gasteiger partial charge is 0.253 e. The normalized spacial score (nSPS) is 17.0. The lowest BCUT2D eigenvalue weighted by atomic mass is 9.98. The summed E-state index contributed by atoms with van der Waals surface area (Å²) in [7, 11) is 0. The molecular formula is C15H20ClNO. The Balaban J connectivity index is 2.19. The molecule has 1 aliphatic rings. The van der Waals surface area contributed by atoms with Gasteiger partial charge in [0.15, 0.2) is 0 Å². The molecule has 1 heterocycles. The fourth-order valence-electron chi connectivity index (χ4n) is 2.46. The quantitative estimate of drug-likeness (QED) is 0.756. The first-order valence-corrected chi connectivity index (χ1v) is 6.93. The molecule has 0 aromatic heterocycles. The highest BCUT2D eigenvalue weighted by molar-refractivity contribution is 6.32. The maximum Gasteiger partial charge on any atom is 0.253 e. The number of likely N-dealkylation sites (tertiary alicyclic amines) is 1. The van der Waals surface area contributed by atoms with Crippen molar-refractivity contribution in [2.75, 3.05) is 13.1 Å². The molecule has 1 aromatic rings. The maximum absolute atomic E-state index is 12.4. The van der Waals surface area contributed by atoms with Crippen molar-refractivity contribution in [2.45, 2.75) is 33.6 Å². The first-order valence-electron chi connectivity index (χ1n) is 6.55. The van der Waals surface area contributed by atoms with E-state index in [0.717, 1.165) is 53.6 Å². The number of hydrogen-bond acceptors (Lipinski definition) is 1. The van der Waals surface area contributed by atoms with Crippen LogP contribution in [0.1, 0.15) is 41.3 Å². The molecule has 1 amide bonds. The standard InChI is InChI=1S/C15H20ClNO/c1-10-4-6-17(7-5-10)15(18)13-8-11(2)14(16)12(3)9-13/h8-10H,4-7H2,1-3H3. The van der Waals surface area contributed by atoms with Gasteiger partial charge in [0.2, 0.25) is 0 Å². The second kappa shape index (κ2) is 5.31. The molecule has 0 radical (unpaired) electrons. The fraction of sp³-hybridized carbons (Fsp3) is 0.533. The van der Waals surface area contributed by atoms with Crippen molar-refractivity contribution in [1.82, 2.24) is 4.90 Å². The summed E-state index contributed by atoms with van der Waals surface area (Å²) < 4.78 is 0. The van der Waals surface area contributed by atoms with Gasteiger partial charge in [-0.1, -0.05) is 18.5 Å². The molecule has 0 unspecified atom stereocenters. The summed E-state index contributed by atoms with van der Waals surface area (Å²) in [5.74, 6) is 0.882. The van der Waals surface area contributed by atoms with Crippen LogP contribution in [0.25, 0.3) is 0 Å². The SMILES string of the molecule is Cc1cc(C(=O)N2CCC(C)CC2)cc(C)c1Cl. The average Bonchev–Trinajstić information content (AvgIpc) is 2.35. The van der Waals surface area contributed by atoms with Gasteiger partial charge in [0.25, 0.3) is 5.91 Å². The summed E-state index contributed by atoms with van der Waals surface area (Å²) in [4.78, 5) is 14.4. The molecule has 0 N–H and O–H groups in total. The molecule has 0 spiro atoms. The number of hydrogen-bond donors (Lipinski definition) is 0. The van der Waals surface area contributed by atoms with E-state index in [1.54, 1.807) is 0 Å². The third kappa shape index (κ3) is 2.69. The Labute approximate surface area is 114 Å². The Morgan fingerprint density at radius 1 is 1.22 bits per heavy atom. The van der Waals surface area contributed by atoms with Crippen LogP contribution < -0.4 is 0 Å². The topological polar surface area (TPSA) is 20.3 Å². The minimum atomic E-state index is 0.143. The number of aryl methyl sites for hydroxylation is 2. The third-order valence-electron chi connectivity index (χ3n) is 3.75. The van der Waals surface area contributed by atoms with Gasteiger partial charge in [-0.3, -0.25) is 4.79 Å². The molecule has 1 aliphatic heterocycles. The van der Waals surface area contributed by atoms with Crippen molar-refractivity contribution in [3.63, 3.8) is 0 Å². The average molecular weight is 266 g/mol. The number of benzene rings is 1. The minimum Gasteiger partial charge on any atom is -0.339 e. The molecule has 1 aromatic carbocycles. The first kappa shape index (κ1) is 13.4. The highest BCUT2D eigenvalue weighted by Crippen LogP contribution is 2.24. The van der Waals surface area contributed by atoms with Crippen LogP contribution in [-0.4, -0.2) is 23.9 Å². The van der Waals surface area contributed by atoms with E-state index in [-0.39, 0.29) is 5.91 Å². The number of halogens is 1. The Bertz CT molecular complexity index is 439. The lowest BCUT2D eigenvalue weighted by molar-refractivity contribution is 0.0697. The summed E-state index contributed by atoms with van der Waals surface area (Å²) in [6.07, 6.45) is 2.22. The van der Waals surface area contributed by atoms with Gasteiger partial charge in [-0.15, -0.1) is 0 Å². The molecular weight excluding hydrogens is 246 g/mol. The number of rotatable bonds is 1. The molecule has 18 heavy (non-hydrogen) atoms. The van der Waals surface area contributed by atoms with Gasteiger partial charge in [-0.05, 0) is 55.9 Å². The van der Waals surface area contributed by atoms with E-state index in [1.165, 1.54) is 0 Å². The monoisotopic (exact) mass is 265 g/mol. The lowest BCUT2D eigenvalue weighted by Crippen LogP contribution is -2.37. The van der Waals surface area contributed by atoms with Gasteiger partial charge in [0.05, 0.1) is 0 Å². The summed E-state index contributed by atoms with van der Waals surface area (Å²) in [6, 6.07) is 3.80. The van der Waals surface area contributed by atoms with Crippen molar-refractivity contribution in [3.8, 4) is 0 Å². The van der Waals surface area contributed by atoms with Gasteiger partial charge >= 0.3 is 0 Å². The third-order valence-corrected chi connectivity index (χ3v) is 4.35. The van der Waals surface area contributed by atoms with Gasteiger partial charge in [-0.25, -0.2) is 0 Å². The summed E-state index contributed by atoms with van der Waals surface area (Å²) in [5, 5.41) is 0.763. The number of nitrogens with zero attached hydrogens (tertiary/aromatic N) is 1. The minimum absolute atomic E-state index is 0.143. The first-order chi connectivity index (χ1) is 8.49. The molecule has 2 nitrogen and oxygen atoms in total. The Morgan fingerprint density at radius 3 is 2.22 bits per heavy atom. The second-order valence-electron chi connectivity index (χ2n) is 5.40. The van der Waals surface area contributed by atoms with Gasteiger partial charge in [0.1, 0.15) is 0 Å². The van der Waals surface area contributed by atoms with Crippen LogP contribution in [0.2, 0.25) is 5.02 Å². The molecule has 0 bridgehead atoms. The molecule has 1 fully saturated rings. The second-order valence-corrected chi connectivity index (χ2v) is 5.78. The van der Waals surface area contributed by atoms with Crippen LogP contribution in [-0.2, 0) is 0 Å². The van der Waals surface area contributed by atoms with E-state index < -0.39 is 0 Å². The number of carbonyl (C=O) groups is 1. The van der Waals surface area contributed by atoms with Crippen LogP contribution in [0.4, 0.5) is 0 Å². The number of carbonyl (C=O) groups excluding carboxylic acids is 1. The largest absolute Gasteiger partial charge is 0.339 e. The van der Waals surface area contributed by atoms with Crippen molar-refractivity contribution in [3.05, 3.63) is 33.8 Å². The summed E-state index contributed by atoms with van der Waals surface area (Å²) in [5.41, 5.74) is 2.72. The van der Waals surface area contributed by atoms with E-state index in [2.05, 4.69) is 6.92 Å². The van der Waals surface area contributed by atoms with Crippen LogP contribution in [0, 0.1) is 19.8 Å². The number of amides is 1. The molecule has 0 atom stereocenters. The van der Waals surface area contributed by atoms with Crippen LogP contribution in [0.3, 0.4) is 0 Å². The molecule has 0 saturated carbocycles. The van der Waals surface area contributed by atoms with Crippen molar-refractivity contribution in [2.24, 2.45) is 5.92 Å². The predicted molar refractivity (Wildman–Crippen MR) is 75.2 cm³/mol. The zero-order valence-electron chi connectivity index (χ0n) is 11.3. The Kier molecular flexibility index (Phi) is 3.96. The van der Waals surface area contributed by atoms with E-state index in [0.29, 0.717) is 0 Å². The predicted octanol–water partition coefficient (Wildman–Crippen LogP) is 3.83. The van der Waals surface area contributed by atoms with Gasteiger partial charge in [0, 0.05) is 23.7 Å². The van der Waals surface area contributed by atoms with Crippen LogP contribution >= 0.6 is 11.6 Å². The van der Waals surface area contributed by atoms with Crippen molar-refractivity contribution in [1.29, 1.82) is 0 Å². The van der Waals surface area contributed by atoms with Gasteiger partial charge < -0.3 is 4.90 Å². The molecule has 2 rings (SSSR count). The van der Waals surface area contributed by atoms with E-state index in [4.69, 9.17) is 11.6 Å². The Morgan fingerprint density at radius 2 is 1.72 bits per heavy atom. The van der Waals surface area contributed by atoms with Crippen molar-refractivity contribution >= 4 is 17.5 Å². The maximum atomic E-state index is 12.4. The zero-order chi connectivity index (χ0) is 13.3. The van der Waals surface area contributed by atoms with E-state index in [9.17, 15) is 4.79 Å². The van der Waals surface area contributed by atoms with Crippen LogP contribution in [0.5, 0.6) is 0 Å². The van der Waals surface area contributed by atoms with Gasteiger partial charge in [-0.2, -0.15) is 0 Å². The highest BCUT2D eigenvalue weighted by Gasteiger charge is 2.22. The van der Waals surface area contributed by atoms with Crippen molar-refractivity contribution < 1.29 is 4.79 Å². The van der Waals surface area contributed by atoms with E-state index in [1.807, 2.05) is 30.9 Å². The number of piperidine rings is 1. The fourth-order valence-corrected chi connectivity index (χ4v) is 2.57. The Hall–Kier alpha value is -1.02. The molecule has 1 saturated heterocycles. The summed E-state index contributed by atoms with van der Waals surface area (Å²) in [6.45, 7) is 7.90. The lowest BCUT2D eigenvalue weighted by Gasteiger charge is -2.30. The zero-order valence-corrected chi connectivity index (χ0v) is 12.0. The molecule has 3 heteroatoms. The highest BCUT2D eigenvalue weighted by atomic mass is 35.5. The van der Waals surface area contributed by atoms with E-state index >= 15 is 0 Å². The summed E-state index contributed by atoms with van der Waals surface area (Å²) >= 11 is 6.13. The van der Waals surface area contributed by atoms with Crippen LogP contribution in [0.15, 0.2) is 12.1 Å². The molecule has 0 aliphatic carbocycles.